The second kappa shape index (κ2) is 7.44. The minimum atomic E-state index is -0.211. The van der Waals surface area contributed by atoms with Crippen LogP contribution in [0.15, 0.2) is 66.9 Å². The summed E-state index contributed by atoms with van der Waals surface area (Å²) in [5.41, 5.74) is 1.83. The normalized spacial score (nSPS) is 10.2. The van der Waals surface area contributed by atoms with Crippen molar-refractivity contribution in [1.82, 2.24) is 9.97 Å². The molecule has 3 aromatic rings. The molecule has 6 nitrogen and oxygen atoms in total. The first kappa shape index (κ1) is 16.4. The number of para-hydroxylation sites is 3. The quantitative estimate of drug-likeness (QED) is 0.773. The molecule has 1 N–H and O–H groups in total. The van der Waals surface area contributed by atoms with Crippen molar-refractivity contribution in [2.75, 3.05) is 24.4 Å². The van der Waals surface area contributed by atoms with Gasteiger partial charge in [0.05, 0.1) is 12.8 Å². The molecule has 0 saturated carbocycles. The monoisotopic (exact) mass is 334 g/mol. The molecule has 3 rings (SSSR count). The van der Waals surface area contributed by atoms with E-state index >= 15 is 0 Å². The van der Waals surface area contributed by atoms with Crippen LogP contribution in [0.3, 0.4) is 0 Å². The largest absolute Gasteiger partial charge is 0.495 e. The van der Waals surface area contributed by atoms with Crippen molar-refractivity contribution in [3.8, 4) is 5.75 Å². The average Bonchev–Trinajstić information content (AvgIpc) is 2.68. The zero-order valence-corrected chi connectivity index (χ0v) is 14.0. The molecule has 1 aromatic heterocycles. The van der Waals surface area contributed by atoms with E-state index < -0.39 is 0 Å². The molecule has 126 valence electrons. The maximum absolute atomic E-state index is 12.7. The van der Waals surface area contributed by atoms with Gasteiger partial charge in [-0.15, -0.1) is 0 Å². The molecule has 25 heavy (non-hydrogen) atoms. The van der Waals surface area contributed by atoms with E-state index in [-0.39, 0.29) is 5.91 Å². The molecule has 0 saturated heterocycles. The van der Waals surface area contributed by atoms with Crippen molar-refractivity contribution in [1.29, 1.82) is 0 Å². The fourth-order valence-corrected chi connectivity index (χ4v) is 2.35. The fraction of sp³-hybridized carbons (Fsp3) is 0.105. The Morgan fingerprint density at radius 1 is 1.04 bits per heavy atom. The lowest BCUT2D eigenvalue weighted by Crippen LogP contribution is -2.27. The second-order valence-corrected chi connectivity index (χ2v) is 5.29. The van der Waals surface area contributed by atoms with Crippen molar-refractivity contribution in [3.63, 3.8) is 0 Å². The molecule has 1 heterocycles. The molecule has 2 aromatic carbocycles. The third kappa shape index (κ3) is 3.74. The summed E-state index contributed by atoms with van der Waals surface area (Å²) in [4.78, 5) is 22.7. The molecule has 0 bridgehead atoms. The summed E-state index contributed by atoms with van der Waals surface area (Å²) in [6, 6.07) is 18.4. The second-order valence-electron chi connectivity index (χ2n) is 5.29. The van der Waals surface area contributed by atoms with Crippen LogP contribution in [0.1, 0.15) is 10.5 Å². The van der Waals surface area contributed by atoms with Gasteiger partial charge >= 0.3 is 0 Å². The Bertz CT molecular complexity index is 868. The highest BCUT2D eigenvalue weighted by Crippen LogP contribution is 2.25. The number of aromatic nitrogens is 2. The molecule has 1 amide bonds. The highest BCUT2D eigenvalue weighted by molar-refractivity contribution is 6.04. The van der Waals surface area contributed by atoms with Crippen molar-refractivity contribution in [3.05, 3.63) is 72.6 Å². The summed E-state index contributed by atoms with van der Waals surface area (Å²) in [6.45, 7) is 0. The maximum atomic E-state index is 12.7. The SMILES string of the molecule is COc1ccccc1Nc1nccc(C(=O)N(C)c2ccccc2)n1. The molecule has 0 spiro atoms. The molecular weight excluding hydrogens is 316 g/mol. The van der Waals surface area contributed by atoms with Gasteiger partial charge in [-0.25, -0.2) is 9.97 Å². The van der Waals surface area contributed by atoms with E-state index in [1.165, 1.54) is 0 Å². The number of nitrogens with one attached hydrogen (secondary N) is 1. The number of ether oxygens (including phenoxy) is 1. The van der Waals surface area contributed by atoms with Gasteiger partial charge in [0.1, 0.15) is 11.4 Å². The summed E-state index contributed by atoms with van der Waals surface area (Å²) in [6.07, 6.45) is 1.55. The van der Waals surface area contributed by atoms with Gasteiger partial charge in [-0.2, -0.15) is 0 Å². The Kier molecular flexibility index (Phi) is 4.89. The van der Waals surface area contributed by atoms with Gasteiger partial charge in [0.15, 0.2) is 0 Å². The fourth-order valence-electron chi connectivity index (χ4n) is 2.35. The van der Waals surface area contributed by atoms with Crippen LogP contribution in [0, 0.1) is 0 Å². The number of carbonyl (C=O) groups excluding carboxylic acids is 1. The van der Waals surface area contributed by atoms with Crippen molar-refractivity contribution >= 4 is 23.2 Å². The number of benzene rings is 2. The summed E-state index contributed by atoms with van der Waals surface area (Å²) in [5.74, 6) is 0.790. The van der Waals surface area contributed by atoms with Crippen LogP contribution in [0.2, 0.25) is 0 Å². The first-order valence-corrected chi connectivity index (χ1v) is 7.75. The van der Waals surface area contributed by atoms with Crippen LogP contribution < -0.4 is 15.0 Å². The van der Waals surface area contributed by atoms with E-state index in [1.54, 1.807) is 31.3 Å². The molecule has 0 aliphatic heterocycles. The average molecular weight is 334 g/mol. The zero-order chi connectivity index (χ0) is 17.6. The van der Waals surface area contributed by atoms with Crippen molar-refractivity contribution in [2.45, 2.75) is 0 Å². The van der Waals surface area contributed by atoms with E-state index in [9.17, 15) is 4.79 Å². The molecule has 0 aliphatic carbocycles. The minimum Gasteiger partial charge on any atom is -0.495 e. The molecule has 0 unspecified atom stereocenters. The van der Waals surface area contributed by atoms with Crippen molar-refractivity contribution in [2.24, 2.45) is 0 Å². The number of hydrogen-bond donors (Lipinski definition) is 1. The molecule has 0 radical (unpaired) electrons. The van der Waals surface area contributed by atoms with Crippen LogP contribution in [0.4, 0.5) is 17.3 Å². The standard InChI is InChI=1S/C19H18N4O2/c1-23(14-8-4-3-5-9-14)18(24)16-12-13-20-19(22-16)21-15-10-6-7-11-17(15)25-2/h3-13H,1-2H3,(H,20,21,22). The third-order valence-corrected chi connectivity index (χ3v) is 3.68. The van der Waals surface area contributed by atoms with Gasteiger partial charge in [0, 0.05) is 18.9 Å². The molecule has 0 aliphatic rings. The van der Waals surface area contributed by atoms with Crippen LogP contribution >= 0.6 is 0 Å². The highest BCUT2D eigenvalue weighted by atomic mass is 16.5. The lowest BCUT2D eigenvalue weighted by molar-refractivity contribution is 0.0988. The Morgan fingerprint density at radius 2 is 1.76 bits per heavy atom. The van der Waals surface area contributed by atoms with Gasteiger partial charge in [0.2, 0.25) is 5.95 Å². The van der Waals surface area contributed by atoms with Crippen LogP contribution in [-0.2, 0) is 0 Å². The number of nitrogens with zero attached hydrogens (tertiary/aromatic N) is 3. The number of methoxy groups -OCH3 is 1. The minimum absolute atomic E-state index is 0.211. The number of amides is 1. The molecule has 0 fully saturated rings. The van der Waals surface area contributed by atoms with Gasteiger partial charge in [0.25, 0.3) is 5.91 Å². The van der Waals surface area contributed by atoms with E-state index in [1.807, 2.05) is 54.6 Å². The summed E-state index contributed by atoms with van der Waals surface area (Å²) >= 11 is 0. The summed E-state index contributed by atoms with van der Waals surface area (Å²) in [7, 11) is 3.31. The van der Waals surface area contributed by atoms with Crippen LogP contribution in [0.5, 0.6) is 5.75 Å². The molecule has 0 atom stereocenters. The first-order valence-electron chi connectivity index (χ1n) is 7.75. The molecular formula is C19H18N4O2. The number of hydrogen-bond acceptors (Lipinski definition) is 5. The number of carbonyl (C=O) groups is 1. The van der Waals surface area contributed by atoms with Crippen molar-refractivity contribution < 1.29 is 9.53 Å². The Labute approximate surface area is 146 Å². The Hall–Kier alpha value is -3.41. The van der Waals surface area contributed by atoms with E-state index in [0.717, 1.165) is 11.4 Å². The number of anilines is 3. The van der Waals surface area contributed by atoms with Gasteiger partial charge < -0.3 is 15.0 Å². The Morgan fingerprint density at radius 3 is 2.52 bits per heavy atom. The lowest BCUT2D eigenvalue weighted by atomic mass is 10.2. The maximum Gasteiger partial charge on any atom is 0.276 e. The van der Waals surface area contributed by atoms with E-state index in [0.29, 0.717) is 17.4 Å². The predicted octanol–water partition coefficient (Wildman–Crippen LogP) is 3.51. The van der Waals surface area contributed by atoms with Gasteiger partial charge in [-0.05, 0) is 30.3 Å². The van der Waals surface area contributed by atoms with Gasteiger partial charge in [-0.1, -0.05) is 30.3 Å². The van der Waals surface area contributed by atoms with Crippen LogP contribution in [-0.4, -0.2) is 30.0 Å². The lowest BCUT2D eigenvalue weighted by Gasteiger charge is -2.17. The first-order chi connectivity index (χ1) is 12.2. The summed E-state index contributed by atoms with van der Waals surface area (Å²) < 4.78 is 5.30. The molecule has 6 heteroatoms. The number of rotatable bonds is 5. The van der Waals surface area contributed by atoms with Crippen LogP contribution in [0.25, 0.3) is 0 Å². The topological polar surface area (TPSA) is 67.3 Å². The third-order valence-electron chi connectivity index (χ3n) is 3.68. The predicted molar refractivity (Wildman–Crippen MR) is 97.5 cm³/mol. The Balaban J connectivity index is 1.83. The highest BCUT2D eigenvalue weighted by Gasteiger charge is 2.16. The van der Waals surface area contributed by atoms with E-state index in [4.69, 9.17) is 4.74 Å². The van der Waals surface area contributed by atoms with Gasteiger partial charge in [-0.3, -0.25) is 4.79 Å². The smallest absolute Gasteiger partial charge is 0.276 e. The summed E-state index contributed by atoms with van der Waals surface area (Å²) in [5, 5.41) is 3.08. The zero-order valence-electron chi connectivity index (χ0n) is 14.0. The van der Waals surface area contributed by atoms with E-state index in [2.05, 4.69) is 15.3 Å².